The van der Waals surface area contributed by atoms with Crippen LogP contribution in [0.1, 0.15) is 31.0 Å². The van der Waals surface area contributed by atoms with Gasteiger partial charge in [-0.05, 0) is 63.1 Å². The molecule has 2 heterocycles. The van der Waals surface area contributed by atoms with Crippen LogP contribution in [0.15, 0.2) is 54.6 Å². The maximum Gasteiger partial charge on any atom is 0.227 e. The van der Waals surface area contributed by atoms with Gasteiger partial charge in [0.15, 0.2) is 0 Å². The summed E-state index contributed by atoms with van der Waals surface area (Å²) in [5.41, 5.74) is 2.59. The largest absolute Gasteiger partial charge is 0.439 e. The second-order valence-corrected chi connectivity index (χ2v) is 8.81. The van der Waals surface area contributed by atoms with Gasteiger partial charge in [0.05, 0.1) is 35.8 Å². The Bertz CT molecular complexity index is 1050. The lowest BCUT2D eigenvalue weighted by Crippen LogP contribution is -2.39. The van der Waals surface area contributed by atoms with E-state index in [0.29, 0.717) is 37.9 Å². The van der Waals surface area contributed by atoms with Crippen LogP contribution in [-0.2, 0) is 16.0 Å². The molecule has 7 nitrogen and oxygen atoms in total. The third kappa shape index (κ3) is 6.89. The first-order valence-electron chi connectivity index (χ1n) is 12.2. The van der Waals surface area contributed by atoms with Crippen LogP contribution in [0.2, 0.25) is 0 Å². The van der Waals surface area contributed by atoms with Crippen LogP contribution in [0, 0.1) is 12.7 Å². The van der Waals surface area contributed by atoms with Gasteiger partial charge in [-0.25, -0.2) is 9.07 Å². The smallest absolute Gasteiger partial charge is 0.227 e. The molecule has 3 aromatic rings. The number of benzene rings is 2. The molecule has 0 aliphatic carbocycles. The Morgan fingerprint density at radius 1 is 1.20 bits per heavy atom. The fraction of sp³-hybridized carbons (Fsp3) is 0.444. The molecule has 8 heteroatoms. The summed E-state index contributed by atoms with van der Waals surface area (Å²) in [4.78, 5) is 2.18. The van der Waals surface area contributed by atoms with Gasteiger partial charge in [-0.2, -0.15) is 5.10 Å². The molecule has 1 N–H and O–H groups in total. The summed E-state index contributed by atoms with van der Waals surface area (Å²) in [5, 5.41) is 15.4. The Labute approximate surface area is 206 Å². The van der Waals surface area contributed by atoms with E-state index in [1.165, 1.54) is 12.1 Å². The van der Waals surface area contributed by atoms with Crippen LogP contribution in [0.25, 0.3) is 5.69 Å². The van der Waals surface area contributed by atoms with Crippen molar-refractivity contribution in [2.75, 3.05) is 32.9 Å². The normalized spacial score (nSPS) is 16.7. The fourth-order valence-corrected chi connectivity index (χ4v) is 4.29. The topological polar surface area (TPSA) is 69.0 Å². The van der Waals surface area contributed by atoms with E-state index in [1.54, 1.807) is 16.8 Å². The number of aliphatic hydroxyl groups excluding tert-OH is 1. The van der Waals surface area contributed by atoms with E-state index >= 15 is 0 Å². The summed E-state index contributed by atoms with van der Waals surface area (Å²) in [6.07, 6.45) is 1.55. The Hall–Kier alpha value is -2.78. The number of hydrogen-bond acceptors (Lipinski definition) is 6. The highest BCUT2D eigenvalue weighted by molar-refractivity contribution is 5.43. The van der Waals surface area contributed by atoms with Crippen LogP contribution >= 0.6 is 0 Å². The van der Waals surface area contributed by atoms with Gasteiger partial charge >= 0.3 is 0 Å². The van der Waals surface area contributed by atoms with Crippen molar-refractivity contribution in [3.05, 3.63) is 71.7 Å². The van der Waals surface area contributed by atoms with Crippen molar-refractivity contribution in [1.29, 1.82) is 0 Å². The Balaban J connectivity index is 1.65. The molecular weight excluding hydrogens is 449 g/mol. The van der Waals surface area contributed by atoms with E-state index in [0.717, 1.165) is 36.4 Å². The zero-order chi connectivity index (χ0) is 24.6. The van der Waals surface area contributed by atoms with Gasteiger partial charge in [-0.3, -0.25) is 4.90 Å². The third-order valence-corrected chi connectivity index (χ3v) is 6.02. The Kier molecular flexibility index (Phi) is 8.87. The second kappa shape index (κ2) is 12.3. The van der Waals surface area contributed by atoms with Crippen LogP contribution in [0.3, 0.4) is 0 Å². The summed E-state index contributed by atoms with van der Waals surface area (Å²) >= 11 is 0. The number of aromatic nitrogens is 2. The molecule has 35 heavy (non-hydrogen) atoms. The standard InChI is InChI=1S/C27H34FN3O4/c1-3-33-19-23(32)16-30(17-25-10-7-15-34-25)18-26-20(2)29-31(22-8-5-4-6-9-22)27(26)35-24-13-11-21(28)12-14-24/h4-6,8-9,11-14,23,25,32H,3,7,10,15-19H2,1-2H3. The molecule has 0 amide bonds. The van der Waals surface area contributed by atoms with Gasteiger partial charge in [0.25, 0.3) is 0 Å². The van der Waals surface area contributed by atoms with E-state index in [-0.39, 0.29) is 18.5 Å². The van der Waals surface area contributed by atoms with E-state index in [2.05, 4.69) is 4.90 Å². The van der Waals surface area contributed by atoms with E-state index in [9.17, 15) is 9.50 Å². The third-order valence-electron chi connectivity index (χ3n) is 6.02. The molecule has 0 saturated carbocycles. The van der Waals surface area contributed by atoms with Crippen molar-refractivity contribution < 1.29 is 23.7 Å². The quantitative estimate of drug-likeness (QED) is 0.409. The molecule has 0 radical (unpaired) electrons. The second-order valence-electron chi connectivity index (χ2n) is 8.81. The number of halogens is 1. The highest BCUT2D eigenvalue weighted by Crippen LogP contribution is 2.32. The van der Waals surface area contributed by atoms with Gasteiger partial charge < -0.3 is 19.3 Å². The average molecular weight is 484 g/mol. The van der Waals surface area contributed by atoms with Crippen LogP contribution in [0.4, 0.5) is 4.39 Å². The van der Waals surface area contributed by atoms with Crippen LogP contribution < -0.4 is 4.74 Å². The molecule has 2 unspecified atom stereocenters. The van der Waals surface area contributed by atoms with Crippen molar-refractivity contribution in [2.45, 2.75) is 45.4 Å². The van der Waals surface area contributed by atoms with E-state index in [1.807, 2.05) is 44.2 Å². The SMILES string of the molecule is CCOCC(O)CN(Cc1c(C)nn(-c2ccccc2)c1Oc1ccc(F)cc1)CC1CCCO1. The number of rotatable bonds is 12. The number of hydrogen-bond donors (Lipinski definition) is 1. The monoisotopic (exact) mass is 483 g/mol. The predicted molar refractivity (Wildman–Crippen MR) is 132 cm³/mol. The first-order valence-corrected chi connectivity index (χ1v) is 12.2. The lowest BCUT2D eigenvalue weighted by Gasteiger charge is -2.27. The molecule has 4 rings (SSSR count). The molecule has 2 atom stereocenters. The molecule has 0 bridgehead atoms. The van der Waals surface area contributed by atoms with Crippen molar-refractivity contribution in [2.24, 2.45) is 0 Å². The van der Waals surface area contributed by atoms with Crippen molar-refractivity contribution >= 4 is 0 Å². The molecule has 1 fully saturated rings. The Morgan fingerprint density at radius 3 is 2.66 bits per heavy atom. The van der Waals surface area contributed by atoms with E-state index in [4.69, 9.17) is 19.3 Å². The first-order chi connectivity index (χ1) is 17.0. The zero-order valence-corrected chi connectivity index (χ0v) is 20.4. The number of nitrogens with zero attached hydrogens (tertiary/aromatic N) is 3. The molecule has 0 spiro atoms. The fourth-order valence-electron chi connectivity index (χ4n) is 4.29. The lowest BCUT2D eigenvalue weighted by molar-refractivity contribution is 0.00498. The summed E-state index contributed by atoms with van der Waals surface area (Å²) in [6, 6.07) is 15.7. The van der Waals surface area contributed by atoms with Crippen LogP contribution in [-0.4, -0.2) is 64.9 Å². The number of aryl methyl sites for hydroxylation is 1. The van der Waals surface area contributed by atoms with Gasteiger partial charge in [-0.15, -0.1) is 0 Å². The van der Waals surface area contributed by atoms with Crippen LogP contribution in [0.5, 0.6) is 11.6 Å². The van der Waals surface area contributed by atoms with Crippen molar-refractivity contribution in [3.8, 4) is 17.3 Å². The summed E-state index contributed by atoms with van der Waals surface area (Å²) < 4.78 is 32.9. The maximum absolute atomic E-state index is 13.5. The summed E-state index contributed by atoms with van der Waals surface area (Å²) in [5.74, 6) is 0.764. The lowest BCUT2D eigenvalue weighted by atomic mass is 10.1. The minimum absolute atomic E-state index is 0.125. The van der Waals surface area contributed by atoms with E-state index < -0.39 is 6.10 Å². The molecular formula is C27H34FN3O4. The summed E-state index contributed by atoms with van der Waals surface area (Å²) in [6.45, 7) is 7.11. The highest BCUT2D eigenvalue weighted by Gasteiger charge is 2.26. The molecule has 1 aliphatic heterocycles. The summed E-state index contributed by atoms with van der Waals surface area (Å²) in [7, 11) is 0. The maximum atomic E-state index is 13.5. The molecule has 1 saturated heterocycles. The highest BCUT2D eigenvalue weighted by atomic mass is 19.1. The average Bonchev–Trinajstić information content (AvgIpc) is 3.48. The molecule has 1 aliphatic rings. The van der Waals surface area contributed by atoms with Crippen molar-refractivity contribution in [3.63, 3.8) is 0 Å². The number of para-hydroxylation sites is 1. The van der Waals surface area contributed by atoms with Gasteiger partial charge in [0, 0.05) is 32.8 Å². The molecule has 188 valence electrons. The van der Waals surface area contributed by atoms with Gasteiger partial charge in [0.1, 0.15) is 11.6 Å². The minimum Gasteiger partial charge on any atom is -0.439 e. The molecule has 1 aromatic heterocycles. The first kappa shape index (κ1) is 25.3. The number of ether oxygens (including phenoxy) is 3. The van der Waals surface area contributed by atoms with Crippen molar-refractivity contribution in [1.82, 2.24) is 14.7 Å². The molecule has 2 aromatic carbocycles. The predicted octanol–water partition coefficient (Wildman–Crippen LogP) is 4.49. The Morgan fingerprint density at radius 2 is 1.97 bits per heavy atom. The van der Waals surface area contributed by atoms with Gasteiger partial charge in [-0.1, -0.05) is 18.2 Å². The zero-order valence-electron chi connectivity index (χ0n) is 20.4. The van der Waals surface area contributed by atoms with Gasteiger partial charge in [0.2, 0.25) is 5.88 Å². The minimum atomic E-state index is -0.623. The number of aliphatic hydroxyl groups is 1.